The van der Waals surface area contributed by atoms with E-state index in [1.165, 1.54) is 6.08 Å². The van der Waals surface area contributed by atoms with Crippen LogP contribution in [0.4, 0.5) is 0 Å². The minimum absolute atomic E-state index is 0.885. The Labute approximate surface area is 108 Å². The lowest BCUT2D eigenvalue weighted by Gasteiger charge is -2.03. The van der Waals surface area contributed by atoms with Crippen molar-refractivity contribution in [1.29, 1.82) is 0 Å². The van der Waals surface area contributed by atoms with E-state index in [2.05, 4.69) is 4.98 Å². The molecule has 4 heteroatoms. The van der Waals surface area contributed by atoms with E-state index in [9.17, 15) is 4.79 Å². The predicted molar refractivity (Wildman–Crippen MR) is 72.6 cm³/mol. The molecule has 2 rings (SSSR count). The van der Waals surface area contributed by atoms with Gasteiger partial charge in [-0.25, -0.2) is 9.78 Å². The molecule has 2 nitrogen and oxygen atoms in total. The molecule has 0 aliphatic carbocycles. The number of hydrogen-bond acceptors (Lipinski definition) is 4. The van der Waals surface area contributed by atoms with Crippen LogP contribution in [-0.2, 0) is 4.79 Å². The Morgan fingerprint density at radius 2 is 1.88 bits per heavy atom. The zero-order chi connectivity index (χ0) is 11.9. The van der Waals surface area contributed by atoms with Crippen LogP contribution in [0.1, 0.15) is 5.56 Å². The summed E-state index contributed by atoms with van der Waals surface area (Å²) in [5, 5.41) is 0.947. The summed E-state index contributed by atoms with van der Waals surface area (Å²) in [5.74, 6) is 1.81. The second kappa shape index (κ2) is 6.30. The van der Waals surface area contributed by atoms with Gasteiger partial charge in [-0.05, 0) is 34.6 Å². The van der Waals surface area contributed by atoms with Gasteiger partial charge in [0.05, 0.1) is 0 Å². The van der Waals surface area contributed by atoms with Crippen molar-refractivity contribution in [2.45, 2.75) is 9.92 Å². The van der Waals surface area contributed by atoms with E-state index in [1.807, 2.05) is 48.4 Å². The SMILES string of the molecule is O=C=Cc1ccccc1SSc1ccccn1. The van der Waals surface area contributed by atoms with Crippen molar-refractivity contribution in [1.82, 2.24) is 4.98 Å². The highest BCUT2D eigenvalue weighted by Gasteiger charge is 2.02. The van der Waals surface area contributed by atoms with Crippen LogP contribution in [0.15, 0.2) is 58.6 Å². The topological polar surface area (TPSA) is 30.0 Å². The largest absolute Gasteiger partial charge is 0.249 e. The van der Waals surface area contributed by atoms with Crippen molar-refractivity contribution in [2.75, 3.05) is 0 Å². The summed E-state index contributed by atoms with van der Waals surface area (Å²) in [6.45, 7) is 0. The quantitative estimate of drug-likeness (QED) is 0.618. The number of rotatable bonds is 4. The molecule has 0 saturated carbocycles. The predicted octanol–water partition coefficient (Wildman–Crippen LogP) is 3.73. The number of pyridine rings is 1. The molecule has 1 aromatic carbocycles. The van der Waals surface area contributed by atoms with Gasteiger partial charge in [0.2, 0.25) is 0 Å². The molecule has 0 amide bonds. The molecule has 2 aromatic rings. The summed E-state index contributed by atoms with van der Waals surface area (Å²) in [6, 6.07) is 13.5. The highest BCUT2D eigenvalue weighted by molar-refractivity contribution is 8.76. The van der Waals surface area contributed by atoms with Crippen molar-refractivity contribution < 1.29 is 4.79 Å². The molecular weight excluding hydrogens is 250 g/mol. The van der Waals surface area contributed by atoms with Gasteiger partial charge in [-0.2, -0.15) is 0 Å². The van der Waals surface area contributed by atoms with E-state index in [0.717, 1.165) is 15.5 Å². The highest BCUT2D eigenvalue weighted by Crippen LogP contribution is 2.37. The summed E-state index contributed by atoms with van der Waals surface area (Å²) >= 11 is 0. The highest BCUT2D eigenvalue weighted by atomic mass is 33.1. The molecule has 0 atom stereocenters. The minimum Gasteiger partial charge on any atom is -0.249 e. The summed E-state index contributed by atoms with van der Waals surface area (Å²) in [5.41, 5.74) is 0.885. The molecule has 1 heterocycles. The minimum atomic E-state index is 0.885. The molecule has 0 unspecified atom stereocenters. The average Bonchev–Trinajstić information content (AvgIpc) is 2.39. The Morgan fingerprint density at radius 1 is 1.06 bits per heavy atom. The molecule has 0 saturated heterocycles. The van der Waals surface area contributed by atoms with E-state index in [4.69, 9.17) is 0 Å². The van der Waals surface area contributed by atoms with Crippen LogP contribution in [0, 0.1) is 0 Å². The summed E-state index contributed by atoms with van der Waals surface area (Å²) in [4.78, 5) is 15.6. The van der Waals surface area contributed by atoms with Gasteiger partial charge in [-0.1, -0.05) is 35.1 Å². The molecule has 1 aromatic heterocycles. The second-order valence-electron chi connectivity index (χ2n) is 3.13. The van der Waals surface area contributed by atoms with Crippen molar-refractivity contribution in [3.8, 4) is 0 Å². The average molecular weight is 259 g/mol. The van der Waals surface area contributed by atoms with Crippen LogP contribution in [0.3, 0.4) is 0 Å². The number of hydrogen-bond donors (Lipinski definition) is 0. The van der Waals surface area contributed by atoms with E-state index in [0.29, 0.717) is 0 Å². The second-order valence-corrected chi connectivity index (χ2v) is 5.33. The molecule has 0 spiro atoms. The van der Waals surface area contributed by atoms with Crippen LogP contribution in [-0.4, -0.2) is 10.9 Å². The van der Waals surface area contributed by atoms with Gasteiger partial charge in [0, 0.05) is 17.2 Å². The molecule has 0 bridgehead atoms. The normalized spacial score (nSPS) is 9.65. The summed E-state index contributed by atoms with van der Waals surface area (Å²) in [6.07, 6.45) is 3.21. The van der Waals surface area contributed by atoms with E-state index < -0.39 is 0 Å². The van der Waals surface area contributed by atoms with Gasteiger partial charge < -0.3 is 0 Å². The maximum atomic E-state index is 10.4. The fourth-order valence-corrected chi connectivity index (χ4v) is 3.27. The van der Waals surface area contributed by atoms with E-state index in [1.54, 1.807) is 27.8 Å². The van der Waals surface area contributed by atoms with Crippen LogP contribution in [0.5, 0.6) is 0 Å². The molecule has 0 aliphatic rings. The van der Waals surface area contributed by atoms with Crippen molar-refractivity contribution in [2.24, 2.45) is 0 Å². The zero-order valence-corrected chi connectivity index (χ0v) is 10.5. The third-order valence-corrected chi connectivity index (χ3v) is 4.34. The van der Waals surface area contributed by atoms with Gasteiger partial charge in [-0.15, -0.1) is 0 Å². The Bertz CT molecular complexity index is 536. The Kier molecular flexibility index (Phi) is 4.45. The first-order valence-corrected chi connectivity index (χ1v) is 7.10. The maximum absolute atomic E-state index is 10.4. The van der Waals surface area contributed by atoms with Gasteiger partial charge in [0.1, 0.15) is 11.0 Å². The van der Waals surface area contributed by atoms with Crippen LogP contribution in [0.2, 0.25) is 0 Å². The van der Waals surface area contributed by atoms with Crippen LogP contribution >= 0.6 is 21.6 Å². The smallest absolute Gasteiger partial charge is 0.125 e. The number of benzene rings is 1. The Morgan fingerprint density at radius 3 is 2.65 bits per heavy atom. The monoisotopic (exact) mass is 259 g/mol. The zero-order valence-electron chi connectivity index (χ0n) is 8.87. The molecule has 0 N–H and O–H groups in total. The van der Waals surface area contributed by atoms with Crippen molar-refractivity contribution >= 4 is 33.6 Å². The fraction of sp³-hybridized carbons (Fsp3) is 0. The van der Waals surface area contributed by atoms with Gasteiger partial charge in [0.25, 0.3) is 0 Å². The molecular formula is C13H9NOS2. The van der Waals surface area contributed by atoms with E-state index >= 15 is 0 Å². The molecule has 0 fully saturated rings. The first-order chi connectivity index (χ1) is 8.40. The van der Waals surface area contributed by atoms with Crippen LogP contribution < -0.4 is 0 Å². The van der Waals surface area contributed by atoms with Crippen molar-refractivity contribution in [3.05, 3.63) is 54.2 Å². The Balaban J connectivity index is 2.11. The number of carbonyl (C=O) groups excluding carboxylic acids is 1. The van der Waals surface area contributed by atoms with Gasteiger partial charge in [0.15, 0.2) is 0 Å². The third-order valence-electron chi connectivity index (χ3n) is 1.99. The van der Waals surface area contributed by atoms with Crippen LogP contribution in [0.25, 0.3) is 6.08 Å². The van der Waals surface area contributed by atoms with Crippen molar-refractivity contribution in [3.63, 3.8) is 0 Å². The lowest BCUT2D eigenvalue weighted by molar-refractivity contribution is 0.570. The molecule has 0 radical (unpaired) electrons. The van der Waals surface area contributed by atoms with Gasteiger partial charge in [-0.3, -0.25) is 0 Å². The summed E-state index contributed by atoms with van der Waals surface area (Å²) < 4.78 is 0. The molecule has 0 aliphatic heterocycles. The summed E-state index contributed by atoms with van der Waals surface area (Å²) in [7, 11) is 3.15. The van der Waals surface area contributed by atoms with Gasteiger partial charge >= 0.3 is 0 Å². The standard InChI is InChI=1S/C13H9NOS2/c15-10-8-11-5-1-2-6-12(11)16-17-13-7-3-4-9-14-13/h1-9H. The maximum Gasteiger partial charge on any atom is 0.125 e. The molecule has 84 valence electrons. The number of aromatic nitrogens is 1. The lowest BCUT2D eigenvalue weighted by atomic mass is 10.2. The first kappa shape index (κ1) is 12.0. The van der Waals surface area contributed by atoms with E-state index in [-0.39, 0.29) is 0 Å². The Hall–Kier alpha value is -1.48. The molecule has 17 heavy (non-hydrogen) atoms. The third kappa shape index (κ3) is 3.49. The first-order valence-electron chi connectivity index (χ1n) is 4.95. The lowest BCUT2D eigenvalue weighted by Crippen LogP contribution is -1.78. The fourth-order valence-electron chi connectivity index (χ4n) is 1.22. The number of nitrogens with zero attached hydrogens (tertiary/aromatic N) is 1.